The van der Waals surface area contributed by atoms with E-state index in [0.29, 0.717) is 0 Å². The molecule has 0 aliphatic carbocycles. The molecule has 0 aliphatic rings. The van der Waals surface area contributed by atoms with E-state index >= 15 is 0 Å². The molecule has 7 N–H and O–H groups in total. The fourth-order valence-corrected chi connectivity index (χ4v) is 0.674. The van der Waals surface area contributed by atoms with Crippen molar-refractivity contribution in [2.75, 3.05) is 6.54 Å². The molecular weight excluding hydrogens is 275 g/mol. The van der Waals surface area contributed by atoms with E-state index in [2.05, 4.69) is 48.1 Å². The van der Waals surface area contributed by atoms with E-state index in [0.717, 1.165) is 13.0 Å². The second kappa shape index (κ2) is 18.3. The van der Waals surface area contributed by atoms with Crippen LogP contribution >= 0.6 is 24.4 Å². The van der Waals surface area contributed by atoms with Crippen LogP contribution in [0.5, 0.6) is 0 Å². The Morgan fingerprint density at radius 2 is 1.69 bits per heavy atom. The van der Waals surface area contributed by atoms with Crippen LogP contribution in [-0.4, -0.2) is 78.5 Å². The van der Waals surface area contributed by atoms with E-state index in [1.165, 1.54) is 12.8 Å². The molecule has 0 heterocycles. The number of thiocarbonyl (C=S) groups is 2. The molecule has 0 bridgehead atoms. The van der Waals surface area contributed by atoms with Crippen molar-refractivity contribution in [1.82, 2.24) is 16.3 Å². The third kappa shape index (κ3) is 29.4. The van der Waals surface area contributed by atoms with Gasteiger partial charge in [-0.3, -0.25) is 10.9 Å². The zero-order chi connectivity index (χ0) is 12.1. The van der Waals surface area contributed by atoms with Crippen LogP contribution in [0.3, 0.4) is 0 Å². The van der Waals surface area contributed by atoms with Crippen molar-refractivity contribution in [3.8, 4) is 0 Å². The normalized spacial score (nSPS) is 7.88. The zero-order valence-corrected chi connectivity index (χ0v) is 10.2. The Hall–Kier alpha value is 0.936. The Morgan fingerprint density at radius 3 is 2.00 bits per heavy atom. The van der Waals surface area contributed by atoms with Crippen molar-refractivity contribution in [2.45, 2.75) is 26.2 Å². The first kappa shape index (κ1) is 22.1. The predicted octanol–water partition coefficient (Wildman–Crippen LogP) is -0.242. The number of rotatable bonds is 5. The molecule has 0 aromatic carbocycles. The summed E-state index contributed by atoms with van der Waals surface area (Å²) < 4.78 is 0. The van der Waals surface area contributed by atoms with Crippen LogP contribution in [-0.2, 0) is 0 Å². The average Bonchev–Trinajstić information content (AvgIpc) is 2.18. The molecule has 0 unspecified atom stereocenters. The molecular formula is C7H19KN4O2S2. The van der Waals surface area contributed by atoms with Gasteiger partial charge < -0.3 is 10.2 Å². The predicted molar refractivity (Wildman–Crippen MR) is 75.6 cm³/mol. The van der Waals surface area contributed by atoms with Gasteiger partial charge in [-0.25, -0.2) is 11.3 Å². The molecule has 0 atom stereocenters. The first-order chi connectivity index (χ1) is 7.04. The summed E-state index contributed by atoms with van der Waals surface area (Å²) in [6, 6.07) is 0. The summed E-state index contributed by atoms with van der Waals surface area (Å²) in [5.74, 6) is 4.53. The molecule has 0 rings (SSSR count). The second-order valence-electron chi connectivity index (χ2n) is 2.51. The summed E-state index contributed by atoms with van der Waals surface area (Å²) in [5.41, 5.74) is 7.03. The fourth-order valence-electron chi connectivity index (χ4n) is 0.602. The minimum atomic E-state index is -0.384. The zero-order valence-electron chi connectivity index (χ0n) is 8.62. The number of hydrazine groups is 2. The van der Waals surface area contributed by atoms with Crippen molar-refractivity contribution in [1.29, 1.82) is 0 Å². The Balaban J connectivity index is -0.000000242. The van der Waals surface area contributed by atoms with Gasteiger partial charge in [0.15, 0.2) is 0 Å². The molecule has 0 aliphatic heterocycles. The number of aliphatic hydroxyl groups is 2. The van der Waals surface area contributed by atoms with Crippen LogP contribution in [0, 0.1) is 0 Å². The minimum absolute atomic E-state index is 0. The van der Waals surface area contributed by atoms with E-state index in [1.54, 1.807) is 0 Å². The monoisotopic (exact) mass is 294 g/mol. The SMILES string of the molecule is CCCCCNNC(O)=S.NNC(O)=S.[KH]. The van der Waals surface area contributed by atoms with E-state index in [9.17, 15) is 0 Å². The molecule has 0 radical (unpaired) electrons. The van der Waals surface area contributed by atoms with Crippen LogP contribution in [0.1, 0.15) is 26.2 Å². The van der Waals surface area contributed by atoms with Gasteiger partial charge >= 0.3 is 51.4 Å². The van der Waals surface area contributed by atoms with Gasteiger partial charge in [-0.05, 0) is 30.9 Å². The summed E-state index contributed by atoms with van der Waals surface area (Å²) in [7, 11) is 0. The third-order valence-corrected chi connectivity index (χ3v) is 1.44. The summed E-state index contributed by atoms with van der Waals surface area (Å²) in [6.45, 7) is 2.98. The summed E-state index contributed by atoms with van der Waals surface area (Å²) >= 11 is 8.37. The first-order valence-corrected chi connectivity index (χ1v) is 5.27. The molecule has 0 aromatic rings. The van der Waals surface area contributed by atoms with Crippen LogP contribution in [0.15, 0.2) is 0 Å². The van der Waals surface area contributed by atoms with Gasteiger partial charge in [0, 0.05) is 6.54 Å². The van der Waals surface area contributed by atoms with E-state index in [-0.39, 0.29) is 61.7 Å². The first-order valence-electron chi connectivity index (χ1n) is 4.45. The molecule has 6 nitrogen and oxygen atoms in total. The van der Waals surface area contributed by atoms with E-state index in [1.807, 2.05) is 5.43 Å². The van der Waals surface area contributed by atoms with Crippen molar-refractivity contribution in [3.05, 3.63) is 0 Å². The summed E-state index contributed by atoms with van der Waals surface area (Å²) in [5, 5.41) is 15.7. The molecule has 0 aromatic heterocycles. The van der Waals surface area contributed by atoms with Gasteiger partial charge in [0.25, 0.3) is 10.3 Å². The maximum absolute atomic E-state index is 8.47. The number of nitrogens with two attached hydrogens (primary N) is 1. The second-order valence-corrected chi connectivity index (χ2v) is 3.29. The van der Waals surface area contributed by atoms with Crippen LogP contribution in [0.2, 0.25) is 0 Å². The molecule has 92 valence electrons. The van der Waals surface area contributed by atoms with E-state index < -0.39 is 0 Å². The van der Waals surface area contributed by atoms with Crippen molar-refractivity contribution in [2.24, 2.45) is 5.84 Å². The van der Waals surface area contributed by atoms with Crippen LogP contribution in [0.25, 0.3) is 0 Å². The van der Waals surface area contributed by atoms with E-state index in [4.69, 9.17) is 10.2 Å². The molecule has 0 saturated carbocycles. The van der Waals surface area contributed by atoms with Crippen molar-refractivity contribution < 1.29 is 10.2 Å². The number of aliphatic hydroxyl groups excluding tert-OH is 2. The molecule has 0 fully saturated rings. The molecule has 16 heavy (non-hydrogen) atoms. The Bertz CT molecular complexity index is 186. The van der Waals surface area contributed by atoms with Gasteiger partial charge in [-0.15, -0.1) is 0 Å². The summed E-state index contributed by atoms with van der Waals surface area (Å²) in [4.78, 5) is 0. The average molecular weight is 294 g/mol. The number of nitrogens with one attached hydrogen (secondary N) is 3. The third-order valence-electron chi connectivity index (χ3n) is 1.22. The standard InChI is InChI=1S/C6H14N2OS.CH4N2OS.K.H/c1-2-3-4-5-7-8-6(9)10;2-3-1(4)5;;/h7H,2-5H2,1H3,(H2,8,9,10);2H2,(H2,3,4,5);;. The Morgan fingerprint density at radius 1 is 1.19 bits per heavy atom. The molecule has 0 amide bonds. The van der Waals surface area contributed by atoms with Gasteiger partial charge in [0.1, 0.15) is 0 Å². The topological polar surface area (TPSA) is 103 Å². The van der Waals surface area contributed by atoms with Gasteiger partial charge in [0.05, 0.1) is 0 Å². The summed E-state index contributed by atoms with van der Waals surface area (Å²) in [6.07, 6.45) is 3.50. The van der Waals surface area contributed by atoms with Crippen molar-refractivity contribution >= 4 is 86.2 Å². The van der Waals surface area contributed by atoms with Crippen LogP contribution < -0.4 is 22.1 Å². The molecule has 0 saturated heterocycles. The molecule has 0 spiro atoms. The van der Waals surface area contributed by atoms with Gasteiger partial charge in [0.2, 0.25) is 0 Å². The van der Waals surface area contributed by atoms with Gasteiger partial charge in [-0.2, -0.15) is 0 Å². The number of unbranched alkanes of at least 4 members (excludes halogenated alkanes) is 2. The quantitative estimate of drug-likeness (QED) is 0.136. The Kier molecular flexibility index (Phi) is 25.3. The van der Waals surface area contributed by atoms with Crippen LogP contribution in [0.4, 0.5) is 0 Å². The maximum atomic E-state index is 8.47. The van der Waals surface area contributed by atoms with Gasteiger partial charge in [-0.1, -0.05) is 19.8 Å². The Labute approximate surface area is 149 Å². The number of hydrogen-bond acceptors (Lipinski definition) is 4. The molecule has 9 heteroatoms. The van der Waals surface area contributed by atoms with Crippen molar-refractivity contribution in [3.63, 3.8) is 0 Å². The fraction of sp³-hybridized carbons (Fsp3) is 0.714. The number of hydrogen-bond donors (Lipinski definition) is 6.